The van der Waals surface area contributed by atoms with E-state index in [0.29, 0.717) is 12.2 Å². The molecular formula is C14H23NO7S3. The minimum atomic E-state index is -4.11. The summed E-state index contributed by atoms with van der Waals surface area (Å²) in [5, 5.41) is 0. The first-order chi connectivity index (χ1) is 11.3. The third kappa shape index (κ3) is 8.66. The number of benzene rings is 1. The van der Waals surface area contributed by atoms with Gasteiger partial charge in [-0.1, -0.05) is 26.0 Å². The average Bonchev–Trinajstić information content (AvgIpc) is 2.43. The van der Waals surface area contributed by atoms with Gasteiger partial charge < -0.3 is 4.18 Å². The van der Waals surface area contributed by atoms with Crippen molar-refractivity contribution >= 4 is 30.2 Å². The highest BCUT2D eigenvalue weighted by atomic mass is 32.3. The van der Waals surface area contributed by atoms with Crippen LogP contribution < -0.4 is 8.31 Å². The van der Waals surface area contributed by atoms with Gasteiger partial charge in [0, 0.05) is 0 Å². The van der Waals surface area contributed by atoms with Crippen LogP contribution in [-0.2, 0) is 30.2 Å². The fourth-order valence-electron chi connectivity index (χ4n) is 1.97. The van der Waals surface area contributed by atoms with Gasteiger partial charge in [-0.15, -0.1) is 4.13 Å². The Labute approximate surface area is 149 Å². The van der Waals surface area contributed by atoms with E-state index in [4.69, 9.17) is 4.18 Å². The lowest BCUT2D eigenvalue weighted by Crippen LogP contribution is -2.32. The molecule has 0 bridgehead atoms. The summed E-state index contributed by atoms with van der Waals surface area (Å²) >= 11 is 0. The van der Waals surface area contributed by atoms with Gasteiger partial charge >= 0.3 is 10.1 Å². The van der Waals surface area contributed by atoms with Gasteiger partial charge in [-0.25, -0.2) is 16.8 Å². The zero-order valence-corrected chi connectivity index (χ0v) is 16.7. The highest BCUT2D eigenvalue weighted by Gasteiger charge is 2.19. The molecule has 0 heterocycles. The van der Waals surface area contributed by atoms with Crippen molar-refractivity contribution in [2.45, 2.75) is 32.6 Å². The van der Waals surface area contributed by atoms with Crippen LogP contribution in [0.15, 0.2) is 24.3 Å². The summed E-state index contributed by atoms with van der Waals surface area (Å²) in [5.74, 6) is -0.706. The maximum absolute atomic E-state index is 11.9. The van der Waals surface area contributed by atoms with Crippen molar-refractivity contribution in [1.82, 2.24) is 4.13 Å². The summed E-state index contributed by atoms with van der Waals surface area (Å²) in [6.07, 6.45) is 1.36. The van der Waals surface area contributed by atoms with E-state index >= 15 is 0 Å². The normalized spacial score (nSPS) is 14.2. The lowest BCUT2D eigenvalue weighted by atomic mass is 9.99. The Bertz CT molecular complexity index is 873. The minimum Gasteiger partial charge on any atom is -0.382 e. The smallest absolute Gasteiger partial charge is 0.309 e. The van der Waals surface area contributed by atoms with Crippen LogP contribution in [-0.4, -0.2) is 43.0 Å². The van der Waals surface area contributed by atoms with Crippen molar-refractivity contribution in [1.29, 1.82) is 0 Å². The Hall–Kier alpha value is -1.17. The van der Waals surface area contributed by atoms with Gasteiger partial charge in [0.1, 0.15) is 5.75 Å². The molecule has 144 valence electrons. The third-order valence-electron chi connectivity index (χ3n) is 3.37. The number of nitrogens with one attached hydrogen (secondary N) is 1. The molecule has 1 aromatic carbocycles. The topological polar surface area (TPSA) is 124 Å². The predicted octanol–water partition coefficient (Wildman–Crippen LogP) is 1.18. The Morgan fingerprint density at radius 3 is 2.04 bits per heavy atom. The molecule has 0 aliphatic rings. The van der Waals surface area contributed by atoms with Crippen LogP contribution in [0.4, 0.5) is 0 Å². The van der Waals surface area contributed by atoms with Crippen molar-refractivity contribution in [2.24, 2.45) is 0 Å². The molecule has 0 aromatic heterocycles. The van der Waals surface area contributed by atoms with Gasteiger partial charge in [0.2, 0.25) is 20.0 Å². The number of sulfonamides is 2. The average molecular weight is 414 g/mol. The van der Waals surface area contributed by atoms with E-state index in [1.54, 1.807) is 24.3 Å². The molecule has 0 aliphatic heterocycles. The first kappa shape index (κ1) is 21.9. The monoisotopic (exact) mass is 413 g/mol. The van der Waals surface area contributed by atoms with Crippen LogP contribution in [0.3, 0.4) is 0 Å². The molecule has 0 saturated heterocycles. The summed E-state index contributed by atoms with van der Waals surface area (Å²) in [6, 6.07) is 6.64. The minimum absolute atomic E-state index is 0.143. The van der Waals surface area contributed by atoms with E-state index in [0.717, 1.165) is 12.0 Å². The Kier molecular flexibility index (Phi) is 7.41. The second-order valence-corrected chi connectivity index (χ2v) is 11.3. The second kappa shape index (κ2) is 8.47. The third-order valence-corrected chi connectivity index (χ3v) is 7.66. The standard InChI is InChI=1S/C14H23NO7S3/c1-4-12(2)13-6-8-14(9-7-13)22-25(20,21)11-5-10-24(18,19)15-23(3,16)17/h6-9,12,15H,4-5,10-11H2,1-3H3. The summed E-state index contributed by atoms with van der Waals surface area (Å²) in [4.78, 5) is 0. The molecule has 1 unspecified atom stereocenters. The van der Waals surface area contributed by atoms with Crippen LogP contribution in [0, 0.1) is 0 Å². The lowest BCUT2D eigenvalue weighted by Gasteiger charge is -2.11. The molecule has 1 aromatic rings. The van der Waals surface area contributed by atoms with Gasteiger partial charge in [-0.05, 0) is 36.5 Å². The van der Waals surface area contributed by atoms with Gasteiger partial charge in [0.15, 0.2) is 0 Å². The first-order valence-electron chi connectivity index (χ1n) is 7.57. The highest BCUT2D eigenvalue weighted by molar-refractivity contribution is 8.04. The Morgan fingerprint density at radius 1 is 1.00 bits per heavy atom. The van der Waals surface area contributed by atoms with Crippen LogP contribution in [0.5, 0.6) is 5.75 Å². The Balaban J connectivity index is 2.62. The quantitative estimate of drug-likeness (QED) is 0.571. The van der Waals surface area contributed by atoms with E-state index in [1.807, 2.05) is 6.92 Å². The number of hydrogen-bond donors (Lipinski definition) is 1. The van der Waals surface area contributed by atoms with E-state index in [2.05, 4.69) is 6.92 Å². The molecule has 8 nitrogen and oxygen atoms in total. The molecule has 0 amide bonds. The van der Waals surface area contributed by atoms with E-state index < -0.39 is 41.7 Å². The molecule has 1 N–H and O–H groups in total. The number of rotatable bonds is 10. The van der Waals surface area contributed by atoms with Gasteiger partial charge in [-0.2, -0.15) is 8.42 Å². The van der Waals surface area contributed by atoms with Crippen molar-refractivity contribution in [3.05, 3.63) is 29.8 Å². The molecule has 11 heteroatoms. The maximum atomic E-state index is 11.9. The van der Waals surface area contributed by atoms with Crippen LogP contribution in [0.25, 0.3) is 0 Å². The zero-order chi connectivity index (χ0) is 19.3. The highest BCUT2D eigenvalue weighted by Crippen LogP contribution is 2.22. The van der Waals surface area contributed by atoms with Crippen molar-refractivity contribution in [3.63, 3.8) is 0 Å². The second-order valence-electron chi connectivity index (χ2n) is 5.75. The van der Waals surface area contributed by atoms with Crippen molar-refractivity contribution in [2.75, 3.05) is 17.8 Å². The molecule has 1 atom stereocenters. The molecular weight excluding hydrogens is 390 g/mol. The molecule has 1 rings (SSSR count). The SMILES string of the molecule is CCC(C)c1ccc(OS(=O)(=O)CCCS(=O)(=O)NS(C)(=O)=O)cc1. The zero-order valence-electron chi connectivity index (χ0n) is 14.3. The molecule has 25 heavy (non-hydrogen) atoms. The van der Waals surface area contributed by atoms with Crippen LogP contribution in [0.1, 0.15) is 38.2 Å². The molecule has 0 spiro atoms. The van der Waals surface area contributed by atoms with Crippen LogP contribution >= 0.6 is 0 Å². The molecule has 0 aliphatic carbocycles. The molecule has 0 fully saturated rings. The van der Waals surface area contributed by atoms with E-state index in [1.165, 1.54) is 4.13 Å². The lowest BCUT2D eigenvalue weighted by molar-refractivity contribution is 0.485. The fraction of sp³-hybridized carbons (Fsp3) is 0.571. The first-order valence-corrected chi connectivity index (χ1v) is 12.7. The largest absolute Gasteiger partial charge is 0.382 e. The van der Waals surface area contributed by atoms with Crippen LogP contribution in [0.2, 0.25) is 0 Å². The molecule has 0 radical (unpaired) electrons. The predicted molar refractivity (Wildman–Crippen MR) is 95.9 cm³/mol. The van der Waals surface area contributed by atoms with Gasteiger partial charge in [0.05, 0.1) is 17.8 Å². The maximum Gasteiger partial charge on any atom is 0.309 e. The summed E-state index contributed by atoms with van der Waals surface area (Å²) in [7, 11) is -12.0. The summed E-state index contributed by atoms with van der Waals surface area (Å²) in [6.45, 7) is 4.10. The van der Waals surface area contributed by atoms with Crippen molar-refractivity contribution in [3.8, 4) is 5.75 Å². The number of hydrogen-bond acceptors (Lipinski definition) is 7. The summed E-state index contributed by atoms with van der Waals surface area (Å²) < 4.78 is 75.0. The Morgan fingerprint density at radius 2 is 1.56 bits per heavy atom. The fourth-order valence-corrected chi connectivity index (χ4v) is 5.84. The molecule has 0 saturated carbocycles. The summed E-state index contributed by atoms with van der Waals surface area (Å²) in [5.41, 5.74) is 1.06. The van der Waals surface area contributed by atoms with E-state index in [9.17, 15) is 25.3 Å². The van der Waals surface area contributed by atoms with Gasteiger partial charge in [-0.3, -0.25) is 0 Å². The van der Waals surface area contributed by atoms with Gasteiger partial charge in [0.25, 0.3) is 0 Å². The van der Waals surface area contributed by atoms with Crippen molar-refractivity contribution < 1.29 is 29.4 Å². The van der Waals surface area contributed by atoms with E-state index in [-0.39, 0.29) is 12.2 Å².